The van der Waals surface area contributed by atoms with Crippen LogP contribution in [0.1, 0.15) is 12.0 Å². The van der Waals surface area contributed by atoms with Crippen LogP contribution in [0.25, 0.3) is 11.0 Å². The Kier molecular flexibility index (Phi) is 3.80. The monoisotopic (exact) mass is 259 g/mol. The minimum absolute atomic E-state index is 0.882. The molecule has 0 bridgehead atoms. The highest BCUT2D eigenvalue weighted by Crippen LogP contribution is 2.15. The Morgan fingerprint density at radius 1 is 1.21 bits per heavy atom. The van der Waals surface area contributed by atoms with Crippen molar-refractivity contribution in [3.63, 3.8) is 0 Å². The lowest BCUT2D eigenvalue weighted by atomic mass is 10.2. The van der Waals surface area contributed by atoms with E-state index in [0.29, 0.717) is 0 Å². The number of nitrogens with zero attached hydrogens (tertiary/aromatic N) is 3. The quantitative estimate of drug-likeness (QED) is 0.842. The molecule has 0 radical (unpaired) electrons. The first kappa shape index (κ1) is 12.6. The lowest BCUT2D eigenvalue weighted by Crippen LogP contribution is -2.37. The average Bonchev–Trinajstić information content (AvgIpc) is 2.83. The zero-order valence-corrected chi connectivity index (χ0v) is 11.5. The number of rotatable bonds is 4. The van der Waals surface area contributed by atoms with E-state index in [1.54, 1.807) is 0 Å². The predicted octanol–water partition coefficient (Wildman–Crippen LogP) is 2.07. The molecule has 1 saturated heterocycles. The van der Waals surface area contributed by atoms with Crippen molar-refractivity contribution in [3.8, 4) is 0 Å². The van der Waals surface area contributed by atoms with Gasteiger partial charge in [0.05, 0.1) is 30.6 Å². The summed E-state index contributed by atoms with van der Waals surface area (Å²) < 4.78 is 7.63. The van der Waals surface area contributed by atoms with Crippen molar-refractivity contribution in [3.05, 3.63) is 30.1 Å². The van der Waals surface area contributed by atoms with E-state index in [2.05, 4.69) is 39.6 Å². The lowest BCUT2D eigenvalue weighted by molar-refractivity contribution is 0.0369. The summed E-state index contributed by atoms with van der Waals surface area (Å²) in [7, 11) is 0. The normalized spacial score (nSPS) is 17.1. The number of hydrogen-bond donors (Lipinski definition) is 0. The molecule has 0 spiro atoms. The summed E-state index contributed by atoms with van der Waals surface area (Å²) in [4.78, 5) is 6.93. The molecule has 1 aliphatic heterocycles. The van der Waals surface area contributed by atoms with Gasteiger partial charge in [-0.15, -0.1) is 0 Å². The summed E-state index contributed by atoms with van der Waals surface area (Å²) in [5.41, 5.74) is 3.64. The number of aryl methyl sites for hydroxylation is 2. The predicted molar refractivity (Wildman–Crippen MR) is 76.3 cm³/mol. The van der Waals surface area contributed by atoms with Crippen molar-refractivity contribution in [2.45, 2.75) is 19.9 Å². The third-order valence-electron chi connectivity index (χ3n) is 3.75. The largest absolute Gasteiger partial charge is 0.379 e. The van der Waals surface area contributed by atoms with Crippen molar-refractivity contribution in [1.82, 2.24) is 14.5 Å². The van der Waals surface area contributed by atoms with E-state index in [1.807, 2.05) is 6.33 Å². The third kappa shape index (κ3) is 2.96. The molecule has 1 aromatic carbocycles. The molecule has 1 aromatic heterocycles. The SMILES string of the molecule is Cc1ccc2ncn(CCCN3CCOCC3)c2c1. The highest BCUT2D eigenvalue weighted by molar-refractivity contribution is 5.75. The van der Waals surface area contributed by atoms with Crippen LogP contribution < -0.4 is 0 Å². The number of fused-ring (bicyclic) bond motifs is 1. The van der Waals surface area contributed by atoms with E-state index in [1.165, 1.54) is 17.5 Å². The highest BCUT2D eigenvalue weighted by Gasteiger charge is 2.09. The Labute approximate surface area is 114 Å². The third-order valence-corrected chi connectivity index (χ3v) is 3.75. The maximum atomic E-state index is 5.37. The van der Waals surface area contributed by atoms with Gasteiger partial charge < -0.3 is 9.30 Å². The van der Waals surface area contributed by atoms with E-state index in [-0.39, 0.29) is 0 Å². The minimum atomic E-state index is 0.882. The van der Waals surface area contributed by atoms with E-state index in [4.69, 9.17) is 4.74 Å². The fourth-order valence-electron chi connectivity index (χ4n) is 2.63. The molecule has 3 rings (SSSR count). The Morgan fingerprint density at radius 3 is 2.89 bits per heavy atom. The van der Waals surface area contributed by atoms with Crippen LogP contribution in [0.4, 0.5) is 0 Å². The average molecular weight is 259 g/mol. The second-order valence-corrected chi connectivity index (χ2v) is 5.24. The Hall–Kier alpha value is -1.39. The zero-order chi connectivity index (χ0) is 13.1. The first-order valence-electron chi connectivity index (χ1n) is 7.04. The van der Waals surface area contributed by atoms with Crippen molar-refractivity contribution < 1.29 is 4.74 Å². The molecule has 0 atom stereocenters. The van der Waals surface area contributed by atoms with Crippen LogP contribution >= 0.6 is 0 Å². The molecule has 0 aliphatic carbocycles. The number of benzene rings is 1. The van der Waals surface area contributed by atoms with Crippen molar-refractivity contribution in [2.24, 2.45) is 0 Å². The number of imidazole rings is 1. The molecular weight excluding hydrogens is 238 g/mol. The number of ether oxygens (including phenoxy) is 1. The molecule has 102 valence electrons. The maximum Gasteiger partial charge on any atom is 0.0958 e. The van der Waals surface area contributed by atoms with Gasteiger partial charge in [-0.3, -0.25) is 4.90 Å². The van der Waals surface area contributed by atoms with Gasteiger partial charge in [0.25, 0.3) is 0 Å². The maximum absolute atomic E-state index is 5.37. The van der Waals surface area contributed by atoms with Gasteiger partial charge in [-0.2, -0.15) is 0 Å². The van der Waals surface area contributed by atoms with Crippen molar-refractivity contribution in [2.75, 3.05) is 32.8 Å². The van der Waals surface area contributed by atoms with Gasteiger partial charge in [0.2, 0.25) is 0 Å². The van der Waals surface area contributed by atoms with E-state index >= 15 is 0 Å². The summed E-state index contributed by atoms with van der Waals surface area (Å²) >= 11 is 0. The van der Waals surface area contributed by atoms with Crippen LogP contribution in [0, 0.1) is 6.92 Å². The first-order valence-corrected chi connectivity index (χ1v) is 7.04. The van der Waals surface area contributed by atoms with Gasteiger partial charge in [-0.1, -0.05) is 6.07 Å². The standard InChI is InChI=1S/C15H21N3O/c1-13-3-4-14-15(11-13)18(12-16-14)6-2-5-17-7-9-19-10-8-17/h3-4,11-12H,2,5-10H2,1H3. The van der Waals surface area contributed by atoms with Crippen molar-refractivity contribution in [1.29, 1.82) is 0 Å². The molecule has 0 N–H and O–H groups in total. The zero-order valence-electron chi connectivity index (χ0n) is 11.5. The molecule has 0 saturated carbocycles. The molecule has 2 aromatic rings. The Balaban J connectivity index is 1.60. The smallest absolute Gasteiger partial charge is 0.0958 e. The van der Waals surface area contributed by atoms with Gasteiger partial charge in [0, 0.05) is 26.2 Å². The topological polar surface area (TPSA) is 30.3 Å². The van der Waals surface area contributed by atoms with Crippen LogP contribution in [0.3, 0.4) is 0 Å². The lowest BCUT2D eigenvalue weighted by Gasteiger charge is -2.26. The fraction of sp³-hybridized carbons (Fsp3) is 0.533. The molecular formula is C15H21N3O. The fourth-order valence-corrected chi connectivity index (χ4v) is 2.63. The van der Waals surface area contributed by atoms with Gasteiger partial charge in [-0.25, -0.2) is 4.98 Å². The van der Waals surface area contributed by atoms with Gasteiger partial charge in [0.15, 0.2) is 0 Å². The molecule has 4 nitrogen and oxygen atoms in total. The summed E-state index contributed by atoms with van der Waals surface area (Å²) in [6.07, 6.45) is 3.13. The van der Waals surface area contributed by atoms with Gasteiger partial charge >= 0.3 is 0 Å². The molecule has 1 aliphatic rings. The second kappa shape index (κ2) is 5.72. The Bertz CT molecular complexity index is 543. The summed E-state index contributed by atoms with van der Waals surface area (Å²) in [5.74, 6) is 0. The van der Waals surface area contributed by atoms with E-state index in [0.717, 1.165) is 44.9 Å². The first-order chi connectivity index (χ1) is 9.33. The molecule has 19 heavy (non-hydrogen) atoms. The van der Waals surface area contributed by atoms with E-state index in [9.17, 15) is 0 Å². The van der Waals surface area contributed by atoms with Crippen LogP contribution in [0.5, 0.6) is 0 Å². The molecule has 0 amide bonds. The highest BCUT2D eigenvalue weighted by atomic mass is 16.5. The van der Waals surface area contributed by atoms with Crippen LogP contribution in [-0.2, 0) is 11.3 Å². The van der Waals surface area contributed by atoms with E-state index < -0.39 is 0 Å². The Morgan fingerprint density at radius 2 is 2.05 bits per heavy atom. The minimum Gasteiger partial charge on any atom is -0.379 e. The molecule has 4 heteroatoms. The summed E-state index contributed by atoms with van der Waals surface area (Å²) in [5, 5.41) is 0. The number of morpholine rings is 1. The van der Waals surface area contributed by atoms with Crippen LogP contribution in [0.15, 0.2) is 24.5 Å². The van der Waals surface area contributed by atoms with Crippen LogP contribution in [-0.4, -0.2) is 47.3 Å². The number of aromatic nitrogens is 2. The van der Waals surface area contributed by atoms with Crippen molar-refractivity contribution >= 4 is 11.0 Å². The van der Waals surface area contributed by atoms with Crippen LogP contribution in [0.2, 0.25) is 0 Å². The number of hydrogen-bond acceptors (Lipinski definition) is 3. The molecule has 2 heterocycles. The van der Waals surface area contributed by atoms with Gasteiger partial charge in [0.1, 0.15) is 0 Å². The van der Waals surface area contributed by atoms with Gasteiger partial charge in [-0.05, 0) is 31.0 Å². The second-order valence-electron chi connectivity index (χ2n) is 5.24. The molecule has 1 fully saturated rings. The molecule has 0 unspecified atom stereocenters. The summed E-state index contributed by atoms with van der Waals surface area (Å²) in [6, 6.07) is 6.44. The summed E-state index contributed by atoms with van der Waals surface area (Å²) in [6.45, 7) is 8.23.